The number of hydrogen-bond acceptors (Lipinski definition) is 7. The van der Waals surface area contributed by atoms with E-state index >= 15 is 4.39 Å². The van der Waals surface area contributed by atoms with Crippen molar-refractivity contribution in [2.45, 2.75) is 49.7 Å². The summed E-state index contributed by atoms with van der Waals surface area (Å²) < 4.78 is 46.9. The molecule has 11 heteroatoms. The van der Waals surface area contributed by atoms with Crippen LogP contribution in [-0.4, -0.2) is 48.3 Å². The summed E-state index contributed by atoms with van der Waals surface area (Å²) in [6.07, 6.45) is 3.78. The standard InChI is InChI=1S/C30H27F2N3O6/c1-39-29(38)41-16-40-27-21(36)11-15-34-26(27)28(37)33-14-5-4-8-22(33)35(34)25-17-6-2-3-7-19(17)30(12-13-30)23-18(25)9-10-20(31)24(23)32/h2-3,6-7,9-11,15,22,25H,4-5,8,12-14,16H2,1H3. The van der Waals surface area contributed by atoms with Gasteiger partial charge in [0.05, 0.1) is 13.2 Å². The van der Waals surface area contributed by atoms with Crippen LogP contribution in [0.5, 0.6) is 5.75 Å². The van der Waals surface area contributed by atoms with Crippen LogP contribution >= 0.6 is 0 Å². The molecule has 3 heterocycles. The average Bonchev–Trinajstić information content (AvgIpc) is 3.78. The lowest BCUT2D eigenvalue weighted by Crippen LogP contribution is -2.64. The van der Waals surface area contributed by atoms with E-state index in [1.165, 1.54) is 12.3 Å². The number of carbonyl (C=O) groups is 2. The zero-order valence-electron chi connectivity index (χ0n) is 22.3. The number of aromatic nitrogens is 1. The number of hydrogen-bond donors (Lipinski definition) is 0. The summed E-state index contributed by atoms with van der Waals surface area (Å²) in [6, 6.07) is 11.3. The average molecular weight is 564 g/mol. The first-order valence-corrected chi connectivity index (χ1v) is 13.6. The summed E-state index contributed by atoms with van der Waals surface area (Å²) in [7, 11) is 1.14. The highest BCUT2D eigenvalue weighted by molar-refractivity contribution is 5.96. The number of pyridine rings is 1. The Morgan fingerprint density at radius 3 is 2.63 bits per heavy atom. The molecule has 9 nitrogen and oxygen atoms in total. The molecule has 2 fully saturated rings. The van der Waals surface area contributed by atoms with E-state index in [4.69, 9.17) is 9.47 Å². The van der Waals surface area contributed by atoms with Crippen LogP contribution < -0.4 is 15.2 Å². The molecule has 41 heavy (non-hydrogen) atoms. The monoisotopic (exact) mass is 563 g/mol. The van der Waals surface area contributed by atoms with Crippen LogP contribution in [-0.2, 0) is 14.9 Å². The predicted molar refractivity (Wildman–Crippen MR) is 141 cm³/mol. The molecule has 0 bridgehead atoms. The fourth-order valence-corrected chi connectivity index (χ4v) is 6.92. The molecule has 2 aliphatic carbocycles. The van der Waals surface area contributed by atoms with Crippen molar-refractivity contribution in [1.29, 1.82) is 0 Å². The summed E-state index contributed by atoms with van der Waals surface area (Å²) in [5, 5.41) is 1.98. The van der Waals surface area contributed by atoms with Crippen molar-refractivity contribution in [2.75, 3.05) is 25.5 Å². The van der Waals surface area contributed by atoms with Crippen LogP contribution in [0.4, 0.5) is 13.6 Å². The molecular weight excluding hydrogens is 536 g/mol. The number of nitrogens with zero attached hydrogens (tertiary/aromatic N) is 3. The molecule has 7 rings (SSSR count). The molecule has 2 aromatic carbocycles. The van der Waals surface area contributed by atoms with Gasteiger partial charge in [-0.05, 0) is 54.9 Å². The molecule has 2 atom stereocenters. The van der Waals surface area contributed by atoms with Crippen molar-refractivity contribution in [3.63, 3.8) is 0 Å². The smallest absolute Gasteiger partial charge is 0.451 e. The molecule has 1 aromatic heterocycles. The Kier molecular flexibility index (Phi) is 5.81. The molecule has 4 aliphatic rings. The summed E-state index contributed by atoms with van der Waals surface area (Å²) in [4.78, 5) is 40.1. The highest BCUT2D eigenvalue weighted by Crippen LogP contribution is 2.61. The highest BCUT2D eigenvalue weighted by Gasteiger charge is 2.56. The minimum absolute atomic E-state index is 0.0301. The van der Waals surface area contributed by atoms with E-state index in [9.17, 15) is 18.8 Å². The Labute approximate surface area is 233 Å². The fraction of sp³-hybridized carbons (Fsp3) is 0.367. The van der Waals surface area contributed by atoms with Gasteiger partial charge in [-0.15, -0.1) is 0 Å². The molecule has 212 valence electrons. The second-order valence-corrected chi connectivity index (χ2v) is 10.8. The highest BCUT2D eigenvalue weighted by atomic mass is 19.2. The quantitative estimate of drug-likeness (QED) is 0.345. The lowest BCUT2D eigenvalue weighted by atomic mass is 9.72. The van der Waals surface area contributed by atoms with Crippen LogP contribution in [0.15, 0.2) is 53.5 Å². The maximum Gasteiger partial charge on any atom is 0.510 e. The van der Waals surface area contributed by atoms with Crippen molar-refractivity contribution in [3.8, 4) is 5.75 Å². The normalized spacial score (nSPS) is 21.4. The van der Waals surface area contributed by atoms with Crippen molar-refractivity contribution >= 4 is 12.1 Å². The van der Waals surface area contributed by atoms with Crippen LogP contribution in [0.2, 0.25) is 0 Å². The second-order valence-electron chi connectivity index (χ2n) is 10.8. The Morgan fingerprint density at radius 1 is 1.05 bits per heavy atom. The number of rotatable bonds is 4. The van der Waals surface area contributed by atoms with Gasteiger partial charge >= 0.3 is 6.16 Å². The largest absolute Gasteiger partial charge is 0.510 e. The van der Waals surface area contributed by atoms with Gasteiger partial charge in [-0.1, -0.05) is 30.3 Å². The molecule has 1 spiro atoms. The number of carbonyl (C=O) groups excluding carboxylic acids is 2. The van der Waals surface area contributed by atoms with E-state index < -0.39 is 53.5 Å². The minimum Gasteiger partial charge on any atom is -0.451 e. The predicted octanol–water partition coefficient (Wildman–Crippen LogP) is 4.33. The molecule has 2 aliphatic heterocycles. The first-order valence-electron chi connectivity index (χ1n) is 13.6. The topological polar surface area (TPSA) is 90.3 Å². The van der Waals surface area contributed by atoms with Gasteiger partial charge in [0, 0.05) is 29.8 Å². The minimum atomic E-state index is -1.00. The lowest BCUT2D eigenvalue weighted by molar-refractivity contribution is 0.0126. The fourth-order valence-electron chi connectivity index (χ4n) is 6.92. The SMILES string of the molecule is COC(=O)OCOc1c2n(ccc1=O)N(C1c3ccccc3C3(CC3)c3c1ccc(F)c3F)C1CCCCN1C2=O. The van der Waals surface area contributed by atoms with Gasteiger partial charge in [0.15, 0.2) is 17.3 Å². The van der Waals surface area contributed by atoms with Crippen LogP contribution in [0.1, 0.15) is 70.9 Å². The summed E-state index contributed by atoms with van der Waals surface area (Å²) >= 11 is 0. The molecule has 3 aromatic rings. The van der Waals surface area contributed by atoms with Gasteiger partial charge < -0.3 is 19.1 Å². The number of benzene rings is 2. The van der Waals surface area contributed by atoms with E-state index in [2.05, 4.69) is 4.74 Å². The van der Waals surface area contributed by atoms with E-state index in [-0.39, 0.29) is 11.4 Å². The number of piperidine rings is 1. The Morgan fingerprint density at radius 2 is 1.85 bits per heavy atom. The third-order valence-electron chi connectivity index (χ3n) is 8.76. The van der Waals surface area contributed by atoms with E-state index in [1.54, 1.807) is 15.6 Å². The van der Waals surface area contributed by atoms with Gasteiger partial charge in [-0.2, -0.15) is 0 Å². The van der Waals surface area contributed by atoms with E-state index in [0.717, 1.165) is 37.1 Å². The molecule has 0 radical (unpaired) electrons. The molecule has 0 N–H and O–H groups in total. The van der Waals surface area contributed by atoms with E-state index in [1.807, 2.05) is 29.3 Å². The number of ether oxygens (including phenoxy) is 3. The zero-order chi connectivity index (χ0) is 28.5. The molecule has 1 saturated carbocycles. The van der Waals surface area contributed by atoms with Gasteiger partial charge in [-0.25, -0.2) is 13.6 Å². The summed E-state index contributed by atoms with van der Waals surface area (Å²) in [6.45, 7) is -0.193. The first-order chi connectivity index (χ1) is 19.9. The van der Waals surface area contributed by atoms with Gasteiger partial charge in [-0.3, -0.25) is 19.3 Å². The second kappa shape index (κ2) is 9.32. The Hall–Kier alpha value is -4.41. The molecule has 2 unspecified atom stereocenters. The number of fused-ring (bicyclic) bond motifs is 6. The Balaban J connectivity index is 1.45. The third-order valence-corrected chi connectivity index (χ3v) is 8.76. The van der Waals surface area contributed by atoms with Crippen molar-refractivity contribution in [3.05, 3.63) is 98.5 Å². The maximum absolute atomic E-state index is 15.7. The zero-order valence-corrected chi connectivity index (χ0v) is 22.3. The molecule has 1 saturated heterocycles. The van der Waals surface area contributed by atoms with Gasteiger partial charge in [0.2, 0.25) is 18.0 Å². The van der Waals surface area contributed by atoms with Crippen LogP contribution in [0.3, 0.4) is 0 Å². The summed E-state index contributed by atoms with van der Waals surface area (Å²) in [5.74, 6) is -2.42. The van der Waals surface area contributed by atoms with Crippen molar-refractivity contribution in [1.82, 2.24) is 9.58 Å². The van der Waals surface area contributed by atoms with Crippen LogP contribution in [0, 0.1) is 11.6 Å². The van der Waals surface area contributed by atoms with Gasteiger partial charge in [0.25, 0.3) is 5.91 Å². The summed E-state index contributed by atoms with van der Waals surface area (Å²) in [5.41, 5.74) is 1.65. The number of amides is 1. The van der Waals surface area contributed by atoms with Crippen molar-refractivity contribution < 1.29 is 32.6 Å². The first kappa shape index (κ1) is 25.6. The number of methoxy groups -OCH3 is 1. The molecular formula is C30H27F2N3O6. The van der Waals surface area contributed by atoms with Crippen LogP contribution in [0.25, 0.3) is 0 Å². The van der Waals surface area contributed by atoms with Crippen molar-refractivity contribution in [2.24, 2.45) is 0 Å². The number of halogens is 2. The maximum atomic E-state index is 15.7. The molecule has 1 amide bonds. The third kappa shape index (κ3) is 3.67. The Bertz CT molecular complexity index is 1650. The lowest BCUT2D eigenvalue weighted by Gasteiger charge is -2.53. The van der Waals surface area contributed by atoms with Gasteiger partial charge in [0.1, 0.15) is 6.17 Å². The van der Waals surface area contributed by atoms with E-state index in [0.29, 0.717) is 36.9 Å².